The van der Waals surface area contributed by atoms with Gasteiger partial charge in [-0.2, -0.15) is 5.10 Å². The van der Waals surface area contributed by atoms with E-state index in [9.17, 15) is 8.42 Å². The Morgan fingerprint density at radius 3 is 2.77 bits per heavy atom. The molecular weight excluding hydrogens is 352 g/mol. The summed E-state index contributed by atoms with van der Waals surface area (Å²) in [4.78, 5) is 8.77. The molecular formula is C17H18N6O2S. The Balaban J connectivity index is 1.56. The fourth-order valence-electron chi connectivity index (χ4n) is 2.64. The van der Waals surface area contributed by atoms with E-state index >= 15 is 0 Å². The summed E-state index contributed by atoms with van der Waals surface area (Å²) in [5.41, 5.74) is 2.32. The number of nitrogens with one attached hydrogen (secondary N) is 3. The summed E-state index contributed by atoms with van der Waals surface area (Å²) < 4.78 is 25.2. The SMILES string of the molecule is CS(=O)(=O)Nc1cccc(-c2nccc(Nc3cc(C4CC4)[nH]n3)n2)c1. The molecule has 3 N–H and O–H groups in total. The second-order valence-electron chi connectivity index (χ2n) is 6.33. The van der Waals surface area contributed by atoms with Crippen molar-refractivity contribution in [1.82, 2.24) is 20.2 Å². The Hall–Kier alpha value is -2.94. The quantitative estimate of drug-likeness (QED) is 0.615. The van der Waals surface area contributed by atoms with Crippen molar-refractivity contribution in [3.8, 4) is 11.4 Å². The highest BCUT2D eigenvalue weighted by molar-refractivity contribution is 7.92. The summed E-state index contributed by atoms with van der Waals surface area (Å²) in [6, 6.07) is 10.7. The lowest BCUT2D eigenvalue weighted by atomic mass is 10.2. The number of anilines is 3. The molecule has 0 saturated heterocycles. The molecule has 0 bridgehead atoms. The number of aromatic amines is 1. The number of aromatic nitrogens is 4. The van der Waals surface area contributed by atoms with Crippen LogP contribution in [0.2, 0.25) is 0 Å². The minimum atomic E-state index is -3.34. The average Bonchev–Trinajstić information content (AvgIpc) is 3.34. The predicted molar refractivity (Wildman–Crippen MR) is 99.8 cm³/mol. The van der Waals surface area contributed by atoms with E-state index in [4.69, 9.17) is 0 Å². The van der Waals surface area contributed by atoms with E-state index in [0.29, 0.717) is 34.6 Å². The highest BCUT2D eigenvalue weighted by Crippen LogP contribution is 2.39. The fourth-order valence-corrected chi connectivity index (χ4v) is 3.19. The Morgan fingerprint density at radius 1 is 1.15 bits per heavy atom. The van der Waals surface area contributed by atoms with Gasteiger partial charge in [0.05, 0.1) is 6.26 Å². The zero-order valence-corrected chi connectivity index (χ0v) is 14.9. The van der Waals surface area contributed by atoms with Crippen molar-refractivity contribution >= 4 is 27.3 Å². The van der Waals surface area contributed by atoms with Crippen molar-refractivity contribution < 1.29 is 8.42 Å². The molecule has 1 aliphatic carbocycles. The molecule has 1 aliphatic rings. The van der Waals surface area contributed by atoms with Crippen molar-refractivity contribution in [3.63, 3.8) is 0 Å². The molecule has 1 fully saturated rings. The van der Waals surface area contributed by atoms with Gasteiger partial charge in [-0.05, 0) is 31.0 Å². The average molecular weight is 370 g/mol. The van der Waals surface area contributed by atoms with Crippen LogP contribution in [0.1, 0.15) is 24.5 Å². The molecule has 1 aromatic carbocycles. The van der Waals surface area contributed by atoms with Gasteiger partial charge < -0.3 is 5.32 Å². The Morgan fingerprint density at radius 2 is 2.00 bits per heavy atom. The highest BCUT2D eigenvalue weighted by atomic mass is 32.2. The van der Waals surface area contributed by atoms with Crippen molar-refractivity contribution in [3.05, 3.63) is 48.3 Å². The third kappa shape index (κ3) is 3.99. The minimum Gasteiger partial charge on any atom is -0.323 e. The Labute approximate surface area is 151 Å². The number of hydrogen-bond donors (Lipinski definition) is 3. The molecule has 0 unspecified atom stereocenters. The lowest BCUT2D eigenvalue weighted by Gasteiger charge is -2.07. The largest absolute Gasteiger partial charge is 0.323 e. The van der Waals surface area contributed by atoms with Crippen LogP contribution in [-0.4, -0.2) is 34.8 Å². The molecule has 1 saturated carbocycles. The van der Waals surface area contributed by atoms with Crippen LogP contribution in [0.5, 0.6) is 0 Å². The van der Waals surface area contributed by atoms with Gasteiger partial charge in [0.1, 0.15) is 5.82 Å². The lowest BCUT2D eigenvalue weighted by molar-refractivity contribution is 0.607. The number of benzene rings is 1. The minimum absolute atomic E-state index is 0.466. The fraction of sp³-hybridized carbons (Fsp3) is 0.235. The van der Waals surface area contributed by atoms with Crippen molar-refractivity contribution in [2.45, 2.75) is 18.8 Å². The van der Waals surface area contributed by atoms with Crippen molar-refractivity contribution in [1.29, 1.82) is 0 Å². The van der Waals surface area contributed by atoms with Crippen LogP contribution in [0.15, 0.2) is 42.6 Å². The Kier molecular flexibility index (Phi) is 4.08. The van der Waals surface area contributed by atoms with E-state index in [1.807, 2.05) is 12.1 Å². The summed E-state index contributed by atoms with van der Waals surface area (Å²) >= 11 is 0. The van der Waals surface area contributed by atoms with Gasteiger partial charge in [0.15, 0.2) is 11.6 Å². The monoisotopic (exact) mass is 370 g/mol. The second kappa shape index (κ2) is 6.41. The van der Waals surface area contributed by atoms with Gasteiger partial charge in [0.25, 0.3) is 0 Å². The molecule has 26 heavy (non-hydrogen) atoms. The summed E-state index contributed by atoms with van der Waals surface area (Å²) in [7, 11) is -3.34. The number of nitrogens with zero attached hydrogens (tertiary/aromatic N) is 3. The van der Waals surface area contributed by atoms with E-state index in [0.717, 1.165) is 11.9 Å². The smallest absolute Gasteiger partial charge is 0.229 e. The summed E-state index contributed by atoms with van der Waals surface area (Å²) in [6.07, 6.45) is 5.17. The number of H-pyrrole nitrogens is 1. The molecule has 9 heteroatoms. The van der Waals surface area contributed by atoms with Gasteiger partial charge >= 0.3 is 0 Å². The van der Waals surface area contributed by atoms with Crippen molar-refractivity contribution in [2.75, 3.05) is 16.3 Å². The zero-order chi connectivity index (χ0) is 18.1. The van der Waals surface area contributed by atoms with Crippen LogP contribution in [0.4, 0.5) is 17.3 Å². The predicted octanol–water partition coefficient (Wildman–Crippen LogP) is 2.86. The number of rotatable bonds is 6. The van der Waals surface area contributed by atoms with Crippen molar-refractivity contribution in [2.24, 2.45) is 0 Å². The third-order valence-corrected chi connectivity index (χ3v) is 4.56. The highest BCUT2D eigenvalue weighted by Gasteiger charge is 2.25. The summed E-state index contributed by atoms with van der Waals surface area (Å²) in [6.45, 7) is 0. The molecule has 2 heterocycles. The number of sulfonamides is 1. The number of hydrogen-bond acceptors (Lipinski definition) is 6. The first-order valence-corrected chi connectivity index (χ1v) is 10.1. The van der Waals surface area contributed by atoms with Crippen LogP contribution in [0, 0.1) is 0 Å². The standard InChI is InChI=1S/C17H18N6O2S/c1-26(24,25)23-13-4-2-3-12(9-13)17-18-8-7-15(20-17)19-16-10-14(21-22-16)11-5-6-11/h2-4,7-11,23H,5-6H2,1H3,(H2,18,19,20,21,22). The molecule has 0 atom stereocenters. The molecule has 2 aromatic heterocycles. The first-order valence-electron chi connectivity index (χ1n) is 8.20. The van der Waals surface area contributed by atoms with Gasteiger partial charge in [-0.3, -0.25) is 9.82 Å². The zero-order valence-electron chi connectivity index (χ0n) is 14.1. The van der Waals surface area contributed by atoms with Gasteiger partial charge in [0.2, 0.25) is 10.0 Å². The van der Waals surface area contributed by atoms with Crippen LogP contribution in [-0.2, 0) is 10.0 Å². The summed E-state index contributed by atoms with van der Waals surface area (Å²) in [5.74, 6) is 2.42. The first-order chi connectivity index (χ1) is 12.5. The third-order valence-electron chi connectivity index (χ3n) is 3.95. The maximum absolute atomic E-state index is 11.4. The van der Waals surface area contributed by atoms with Crippen LogP contribution >= 0.6 is 0 Å². The van der Waals surface area contributed by atoms with E-state index in [2.05, 4.69) is 30.2 Å². The molecule has 0 amide bonds. The first kappa shape index (κ1) is 16.5. The van der Waals surface area contributed by atoms with Gasteiger partial charge in [-0.1, -0.05) is 12.1 Å². The van der Waals surface area contributed by atoms with Crippen LogP contribution in [0.3, 0.4) is 0 Å². The van der Waals surface area contributed by atoms with Gasteiger partial charge in [0, 0.05) is 35.1 Å². The van der Waals surface area contributed by atoms with Gasteiger partial charge in [-0.15, -0.1) is 0 Å². The Bertz CT molecular complexity index is 1040. The molecule has 0 spiro atoms. The molecule has 4 rings (SSSR count). The topological polar surface area (TPSA) is 113 Å². The second-order valence-corrected chi connectivity index (χ2v) is 8.08. The van der Waals surface area contributed by atoms with Crippen LogP contribution < -0.4 is 10.0 Å². The van der Waals surface area contributed by atoms with Crippen LogP contribution in [0.25, 0.3) is 11.4 Å². The summed E-state index contributed by atoms with van der Waals surface area (Å²) in [5, 5.41) is 10.5. The normalized spacial score (nSPS) is 14.2. The lowest BCUT2D eigenvalue weighted by Crippen LogP contribution is -2.09. The molecule has 3 aromatic rings. The van der Waals surface area contributed by atoms with Gasteiger partial charge in [-0.25, -0.2) is 18.4 Å². The molecule has 0 aliphatic heterocycles. The van der Waals surface area contributed by atoms with E-state index in [1.165, 1.54) is 12.8 Å². The van der Waals surface area contributed by atoms with E-state index < -0.39 is 10.0 Å². The maximum Gasteiger partial charge on any atom is 0.229 e. The van der Waals surface area contributed by atoms with E-state index in [1.54, 1.807) is 30.5 Å². The molecule has 0 radical (unpaired) electrons. The maximum atomic E-state index is 11.4. The molecule has 134 valence electrons. The van der Waals surface area contributed by atoms with E-state index in [-0.39, 0.29) is 0 Å². The molecule has 8 nitrogen and oxygen atoms in total.